The molecule has 5 nitrogen and oxygen atoms in total. The third-order valence-corrected chi connectivity index (χ3v) is 5.06. The second-order valence-electron chi connectivity index (χ2n) is 4.94. The zero-order chi connectivity index (χ0) is 15.1. The van der Waals surface area contributed by atoms with Crippen molar-refractivity contribution in [1.82, 2.24) is 0 Å². The number of rotatable bonds is 4. The minimum Gasteiger partial charge on any atom is -0.465 e. The van der Waals surface area contributed by atoms with E-state index in [-0.39, 0.29) is 6.61 Å². The van der Waals surface area contributed by atoms with E-state index in [9.17, 15) is 17.6 Å². The van der Waals surface area contributed by atoms with Crippen molar-refractivity contribution < 1.29 is 22.3 Å². The standard InChI is InChI=1S/C13H16FNO4S/c1-3-19-12(16)13(15)10(11(13)20(2,17)18)8-5-4-6-9(14)7-8/h4-7,10-11H,3,15H2,1-2H3/t10-,11+,13-/m0/s1. The van der Waals surface area contributed by atoms with Crippen molar-refractivity contribution in [2.45, 2.75) is 23.6 Å². The first-order valence-electron chi connectivity index (χ1n) is 6.13. The van der Waals surface area contributed by atoms with Crippen LogP contribution >= 0.6 is 0 Å². The first-order valence-corrected chi connectivity index (χ1v) is 8.08. The third kappa shape index (κ3) is 2.31. The molecule has 0 bridgehead atoms. The molecule has 0 saturated heterocycles. The lowest BCUT2D eigenvalue weighted by molar-refractivity contribution is -0.145. The summed E-state index contributed by atoms with van der Waals surface area (Å²) < 4.78 is 41.7. The van der Waals surface area contributed by atoms with Crippen molar-refractivity contribution in [3.05, 3.63) is 35.6 Å². The first-order chi connectivity index (χ1) is 9.22. The van der Waals surface area contributed by atoms with Gasteiger partial charge in [0.05, 0.1) is 11.9 Å². The molecule has 1 fully saturated rings. The van der Waals surface area contributed by atoms with Crippen LogP contribution in [0.15, 0.2) is 24.3 Å². The Hall–Kier alpha value is -1.47. The number of carbonyl (C=O) groups is 1. The number of benzene rings is 1. The SMILES string of the molecule is CCOC(=O)[C@@]1(N)[C@H](S(C)(=O)=O)[C@@H]1c1cccc(F)c1. The van der Waals surface area contributed by atoms with Gasteiger partial charge in [-0.05, 0) is 24.6 Å². The molecule has 0 radical (unpaired) electrons. The van der Waals surface area contributed by atoms with Gasteiger partial charge in [-0.15, -0.1) is 0 Å². The molecule has 2 N–H and O–H groups in total. The van der Waals surface area contributed by atoms with Crippen LogP contribution in [-0.2, 0) is 19.4 Å². The fourth-order valence-electron chi connectivity index (χ4n) is 2.63. The van der Waals surface area contributed by atoms with Gasteiger partial charge in [0.2, 0.25) is 0 Å². The summed E-state index contributed by atoms with van der Waals surface area (Å²) >= 11 is 0. The summed E-state index contributed by atoms with van der Waals surface area (Å²) in [6, 6.07) is 5.44. The molecular formula is C13H16FNO4S. The van der Waals surface area contributed by atoms with E-state index in [2.05, 4.69) is 0 Å². The van der Waals surface area contributed by atoms with Crippen molar-refractivity contribution in [2.75, 3.05) is 12.9 Å². The van der Waals surface area contributed by atoms with Crippen LogP contribution in [0.2, 0.25) is 0 Å². The number of nitrogens with two attached hydrogens (primary N) is 1. The van der Waals surface area contributed by atoms with Crippen LogP contribution in [-0.4, -0.2) is 38.0 Å². The Kier molecular flexibility index (Phi) is 3.60. The summed E-state index contributed by atoms with van der Waals surface area (Å²) in [5, 5.41) is -1.09. The van der Waals surface area contributed by atoms with Crippen molar-refractivity contribution in [2.24, 2.45) is 5.73 Å². The summed E-state index contributed by atoms with van der Waals surface area (Å²) in [6.07, 6.45) is 1.01. The Bertz CT molecular complexity index is 646. The van der Waals surface area contributed by atoms with E-state index in [1.165, 1.54) is 18.2 Å². The van der Waals surface area contributed by atoms with E-state index in [1.54, 1.807) is 13.0 Å². The quantitative estimate of drug-likeness (QED) is 0.823. The summed E-state index contributed by atoms with van der Waals surface area (Å²) in [7, 11) is -3.56. The van der Waals surface area contributed by atoms with Crippen molar-refractivity contribution >= 4 is 15.8 Å². The Morgan fingerprint density at radius 1 is 1.50 bits per heavy atom. The van der Waals surface area contributed by atoms with E-state index >= 15 is 0 Å². The van der Waals surface area contributed by atoms with Crippen LogP contribution in [0.4, 0.5) is 4.39 Å². The molecule has 20 heavy (non-hydrogen) atoms. The van der Waals surface area contributed by atoms with E-state index in [4.69, 9.17) is 10.5 Å². The van der Waals surface area contributed by atoms with Gasteiger partial charge in [0.25, 0.3) is 0 Å². The minimum absolute atomic E-state index is 0.101. The molecule has 0 spiro atoms. The summed E-state index contributed by atoms with van der Waals surface area (Å²) in [5.74, 6) is -2.07. The van der Waals surface area contributed by atoms with Gasteiger partial charge >= 0.3 is 5.97 Å². The van der Waals surface area contributed by atoms with Crippen LogP contribution in [0, 0.1) is 5.82 Å². The summed E-state index contributed by atoms with van der Waals surface area (Å²) in [6.45, 7) is 1.71. The maximum atomic E-state index is 13.3. The van der Waals surface area contributed by atoms with Crippen LogP contribution < -0.4 is 5.73 Å². The third-order valence-electron chi connectivity index (χ3n) is 3.48. The molecule has 110 valence electrons. The highest BCUT2D eigenvalue weighted by molar-refractivity contribution is 7.91. The largest absolute Gasteiger partial charge is 0.465 e. The Balaban J connectivity index is 2.44. The molecule has 1 aliphatic rings. The van der Waals surface area contributed by atoms with Crippen molar-refractivity contribution in [3.63, 3.8) is 0 Å². The van der Waals surface area contributed by atoms with Gasteiger partial charge in [0, 0.05) is 12.2 Å². The van der Waals surface area contributed by atoms with Gasteiger partial charge in [-0.1, -0.05) is 12.1 Å². The Morgan fingerprint density at radius 3 is 2.65 bits per heavy atom. The van der Waals surface area contributed by atoms with Crippen LogP contribution in [0.25, 0.3) is 0 Å². The van der Waals surface area contributed by atoms with E-state index in [0.29, 0.717) is 5.56 Å². The smallest absolute Gasteiger partial charge is 0.328 e. The molecule has 3 atom stereocenters. The molecule has 1 aliphatic carbocycles. The number of ether oxygens (including phenoxy) is 1. The summed E-state index contributed by atoms with van der Waals surface area (Å²) in [5.41, 5.74) is 4.70. The van der Waals surface area contributed by atoms with Gasteiger partial charge in [0.1, 0.15) is 11.4 Å². The molecule has 0 aromatic heterocycles. The highest BCUT2D eigenvalue weighted by atomic mass is 32.2. The number of hydrogen-bond donors (Lipinski definition) is 1. The monoisotopic (exact) mass is 301 g/mol. The second kappa shape index (κ2) is 4.82. The number of sulfone groups is 1. The molecule has 1 aromatic carbocycles. The molecule has 0 heterocycles. The van der Waals surface area contributed by atoms with Gasteiger partial charge in [0.15, 0.2) is 9.84 Å². The topological polar surface area (TPSA) is 86.5 Å². The molecule has 0 aliphatic heterocycles. The van der Waals surface area contributed by atoms with Crippen molar-refractivity contribution in [3.8, 4) is 0 Å². The molecule has 1 saturated carbocycles. The Morgan fingerprint density at radius 2 is 2.15 bits per heavy atom. The highest BCUT2D eigenvalue weighted by Gasteiger charge is 2.73. The molecule has 7 heteroatoms. The highest BCUT2D eigenvalue weighted by Crippen LogP contribution is 2.54. The first kappa shape index (κ1) is 14.9. The normalized spacial score (nSPS) is 29.0. The van der Waals surface area contributed by atoms with E-state index in [1.807, 2.05) is 0 Å². The molecule has 2 rings (SSSR count). The van der Waals surface area contributed by atoms with Crippen LogP contribution in [0.5, 0.6) is 0 Å². The molecule has 1 aromatic rings. The van der Waals surface area contributed by atoms with Crippen molar-refractivity contribution in [1.29, 1.82) is 0 Å². The maximum Gasteiger partial charge on any atom is 0.328 e. The Labute approximate surface area is 116 Å². The van der Waals surface area contributed by atoms with E-state index < -0.39 is 38.3 Å². The predicted octanol–water partition coefficient (Wildman–Crippen LogP) is 0.597. The fraction of sp³-hybridized carbons (Fsp3) is 0.462. The average molecular weight is 301 g/mol. The summed E-state index contributed by atoms with van der Waals surface area (Å²) in [4.78, 5) is 11.9. The van der Waals surface area contributed by atoms with Gasteiger partial charge < -0.3 is 10.5 Å². The lowest BCUT2D eigenvalue weighted by Crippen LogP contribution is -2.41. The molecular weight excluding hydrogens is 285 g/mol. The lowest BCUT2D eigenvalue weighted by atomic mass is 10.1. The van der Waals surface area contributed by atoms with Gasteiger partial charge in [-0.25, -0.2) is 17.6 Å². The minimum atomic E-state index is -3.56. The fourth-order valence-corrected chi connectivity index (χ4v) is 4.37. The van der Waals surface area contributed by atoms with Gasteiger partial charge in [-0.2, -0.15) is 0 Å². The molecule has 0 unspecified atom stereocenters. The predicted molar refractivity (Wildman–Crippen MR) is 71.3 cm³/mol. The van der Waals surface area contributed by atoms with Gasteiger partial charge in [-0.3, -0.25) is 0 Å². The van der Waals surface area contributed by atoms with Crippen LogP contribution in [0.3, 0.4) is 0 Å². The lowest BCUT2D eigenvalue weighted by Gasteiger charge is -2.10. The zero-order valence-electron chi connectivity index (χ0n) is 11.2. The second-order valence-corrected chi connectivity index (χ2v) is 7.10. The maximum absolute atomic E-state index is 13.3. The number of halogens is 1. The number of hydrogen-bond acceptors (Lipinski definition) is 5. The average Bonchev–Trinajstić information content (AvgIpc) is 2.98. The molecule has 0 amide bonds. The number of esters is 1. The number of carbonyl (C=O) groups excluding carboxylic acids is 1. The van der Waals surface area contributed by atoms with Crippen LogP contribution in [0.1, 0.15) is 18.4 Å². The van der Waals surface area contributed by atoms with E-state index in [0.717, 1.165) is 6.26 Å². The zero-order valence-corrected chi connectivity index (χ0v) is 12.0.